The molecule has 40 heavy (non-hydrogen) atoms. The number of benzene rings is 3. The lowest BCUT2D eigenvalue weighted by Gasteiger charge is -2.28. The van der Waals surface area contributed by atoms with Crippen LogP contribution in [-0.4, -0.2) is 47.9 Å². The molecule has 0 radical (unpaired) electrons. The van der Waals surface area contributed by atoms with Crippen molar-refractivity contribution in [3.63, 3.8) is 0 Å². The van der Waals surface area contributed by atoms with Crippen LogP contribution in [0.25, 0.3) is 0 Å². The van der Waals surface area contributed by atoms with E-state index in [1.165, 1.54) is 11.0 Å². The Hall–Kier alpha value is -4.66. The molecule has 3 aromatic carbocycles. The van der Waals surface area contributed by atoms with Crippen LogP contribution >= 0.6 is 0 Å². The van der Waals surface area contributed by atoms with E-state index in [2.05, 4.69) is 10.6 Å². The van der Waals surface area contributed by atoms with E-state index in [4.69, 9.17) is 0 Å². The Balaban J connectivity index is 1.72. The first-order valence-electron chi connectivity index (χ1n) is 13.0. The van der Waals surface area contributed by atoms with Gasteiger partial charge >= 0.3 is 12.0 Å². The molecular formula is C31H34N4O5. The fraction of sp³-hybridized carbons (Fsp3) is 0.290. The summed E-state index contributed by atoms with van der Waals surface area (Å²) in [5, 5.41) is 14.9. The summed E-state index contributed by atoms with van der Waals surface area (Å²) >= 11 is 0. The summed E-state index contributed by atoms with van der Waals surface area (Å²) in [6.45, 7) is 8.97. The molecule has 0 saturated carbocycles. The zero-order valence-corrected chi connectivity index (χ0v) is 23.3. The summed E-state index contributed by atoms with van der Waals surface area (Å²) < 4.78 is 0. The van der Waals surface area contributed by atoms with E-state index in [9.17, 15) is 24.3 Å². The van der Waals surface area contributed by atoms with E-state index in [1.807, 2.05) is 60.4 Å². The van der Waals surface area contributed by atoms with Gasteiger partial charge in [-0.2, -0.15) is 0 Å². The smallest absolute Gasteiger partial charge is 0.336 e. The lowest BCUT2D eigenvalue weighted by atomic mass is 9.90. The number of Topliss-reactive ketones (excluding diaryl/α,β-unsaturated/α-hetero) is 1. The second-order valence-corrected chi connectivity index (χ2v) is 11.0. The van der Waals surface area contributed by atoms with Gasteiger partial charge in [-0.3, -0.25) is 9.59 Å². The Labute approximate surface area is 233 Å². The number of urea groups is 1. The number of carboxylic acids is 1. The van der Waals surface area contributed by atoms with Gasteiger partial charge < -0.3 is 25.5 Å². The quantitative estimate of drug-likeness (QED) is 0.389. The predicted molar refractivity (Wildman–Crippen MR) is 156 cm³/mol. The number of nitrogens with zero attached hydrogens (tertiary/aromatic N) is 2. The highest BCUT2D eigenvalue weighted by Gasteiger charge is 2.37. The first kappa shape index (κ1) is 28.4. The summed E-state index contributed by atoms with van der Waals surface area (Å²) in [5.74, 6) is -1.65. The SMILES string of the molecule is Cc1ccc2c(c1)N(CC(=O)C(C)(C)C)C(=O)C(NC(=O)Nc1ccc(C)c(C(=O)O)c1)CN2c1ccccc1. The van der Waals surface area contributed by atoms with E-state index in [0.717, 1.165) is 16.9 Å². The highest BCUT2D eigenvalue weighted by atomic mass is 16.4. The Morgan fingerprint density at radius 2 is 1.65 bits per heavy atom. The molecule has 1 heterocycles. The number of carboxylic acid groups (broad SMARTS) is 1. The number of hydrogen-bond donors (Lipinski definition) is 3. The first-order chi connectivity index (χ1) is 18.8. The van der Waals surface area contributed by atoms with E-state index < -0.39 is 29.4 Å². The zero-order valence-electron chi connectivity index (χ0n) is 23.3. The van der Waals surface area contributed by atoms with Gasteiger partial charge in [-0.1, -0.05) is 51.1 Å². The van der Waals surface area contributed by atoms with Crippen molar-refractivity contribution < 1.29 is 24.3 Å². The molecule has 0 spiro atoms. The normalized spacial score (nSPS) is 15.2. The highest BCUT2D eigenvalue weighted by Crippen LogP contribution is 2.38. The number of amides is 3. The Kier molecular flexibility index (Phi) is 7.95. The first-order valence-corrected chi connectivity index (χ1v) is 13.0. The van der Waals surface area contributed by atoms with Gasteiger partial charge in [0.05, 0.1) is 30.0 Å². The number of fused-ring (bicyclic) bond motifs is 1. The van der Waals surface area contributed by atoms with Gasteiger partial charge in [-0.25, -0.2) is 9.59 Å². The predicted octanol–water partition coefficient (Wildman–Crippen LogP) is 5.29. The van der Waals surface area contributed by atoms with Crippen LogP contribution in [0.15, 0.2) is 66.7 Å². The monoisotopic (exact) mass is 542 g/mol. The average Bonchev–Trinajstić information content (AvgIpc) is 3.00. The van der Waals surface area contributed by atoms with Gasteiger partial charge in [0, 0.05) is 16.8 Å². The van der Waals surface area contributed by atoms with Gasteiger partial charge in [-0.15, -0.1) is 0 Å². The van der Waals surface area contributed by atoms with Crippen LogP contribution in [0, 0.1) is 19.3 Å². The molecule has 0 bridgehead atoms. The maximum absolute atomic E-state index is 14.1. The van der Waals surface area contributed by atoms with Gasteiger partial charge in [0.1, 0.15) is 6.04 Å². The number of aromatic carboxylic acids is 1. The third-order valence-electron chi connectivity index (χ3n) is 6.88. The van der Waals surface area contributed by atoms with Crippen molar-refractivity contribution in [1.29, 1.82) is 0 Å². The van der Waals surface area contributed by atoms with E-state index in [0.29, 0.717) is 11.3 Å². The lowest BCUT2D eigenvalue weighted by Crippen LogP contribution is -2.54. The maximum Gasteiger partial charge on any atom is 0.336 e. The molecule has 9 heteroatoms. The average molecular weight is 543 g/mol. The number of ketones is 1. The largest absolute Gasteiger partial charge is 0.478 e. The van der Waals surface area contributed by atoms with Gasteiger partial charge in [0.15, 0.2) is 5.78 Å². The molecular weight excluding hydrogens is 508 g/mol. The summed E-state index contributed by atoms with van der Waals surface area (Å²) in [4.78, 5) is 55.3. The lowest BCUT2D eigenvalue weighted by molar-refractivity contribution is -0.127. The number of para-hydroxylation sites is 1. The summed E-state index contributed by atoms with van der Waals surface area (Å²) in [6, 6.07) is 18.1. The molecule has 1 atom stereocenters. The topological polar surface area (TPSA) is 119 Å². The van der Waals surface area contributed by atoms with Crippen LogP contribution in [-0.2, 0) is 9.59 Å². The molecule has 0 saturated heterocycles. The van der Waals surface area contributed by atoms with Crippen LogP contribution in [0.2, 0.25) is 0 Å². The molecule has 1 unspecified atom stereocenters. The molecule has 208 valence electrons. The van der Waals surface area contributed by atoms with Crippen LogP contribution in [0.3, 0.4) is 0 Å². The van der Waals surface area contributed by atoms with E-state index in [1.54, 1.807) is 39.8 Å². The number of carbonyl (C=O) groups excluding carboxylic acids is 3. The fourth-order valence-corrected chi connectivity index (χ4v) is 4.50. The molecule has 9 nitrogen and oxygen atoms in total. The number of anilines is 4. The van der Waals surface area contributed by atoms with E-state index >= 15 is 0 Å². The molecule has 3 N–H and O–H groups in total. The van der Waals surface area contributed by atoms with Gasteiger partial charge in [0.2, 0.25) is 0 Å². The molecule has 3 amide bonds. The van der Waals surface area contributed by atoms with Crippen LogP contribution < -0.4 is 20.4 Å². The molecule has 0 aromatic heterocycles. The molecule has 0 fully saturated rings. The molecule has 0 aliphatic carbocycles. The highest BCUT2D eigenvalue weighted by molar-refractivity contribution is 6.08. The van der Waals surface area contributed by atoms with Crippen molar-refractivity contribution in [2.24, 2.45) is 5.41 Å². The molecule has 1 aliphatic rings. The zero-order chi connectivity index (χ0) is 29.2. The molecule has 4 rings (SSSR count). The fourth-order valence-electron chi connectivity index (χ4n) is 4.50. The van der Waals surface area contributed by atoms with Crippen molar-refractivity contribution in [2.45, 2.75) is 40.7 Å². The minimum atomic E-state index is -1.11. The minimum Gasteiger partial charge on any atom is -0.478 e. The molecule has 1 aliphatic heterocycles. The Morgan fingerprint density at radius 3 is 2.30 bits per heavy atom. The summed E-state index contributed by atoms with van der Waals surface area (Å²) in [6.07, 6.45) is 0. The van der Waals surface area contributed by atoms with Crippen molar-refractivity contribution in [2.75, 3.05) is 28.2 Å². The standard InChI is InChI=1S/C31H34N4O5/c1-19-11-14-25-26(15-19)35(18-27(36)31(3,4)5)28(37)24(17-34(25)22-9-7-6-8-10-22)33-30(40)32-21-13-12-20(2)23(16-21)29(38)39/h6-16,24H,17-18H2,1-5H3,(H,38,39)(H2,32,33,40). The third kappa shape index (κ3) is 6.14. The van der Waals surface area contributed by atoms with Crippen molar-refractivity contribution in [1.82, 2.24) is 5.32 Å². The van der Waals surface area contributed by atoms with Crippen molar-refractivity contribution in [3.8, 4) is 0 Å². The van der Waals surface area contributed by atoms with Gasteiger partial charge in [0.25, 0.3) is 5.91 Å². The number of nitrogens with one attached hydrogen (secondary N) is 2. The third-order valence-corrected chi connectivity index (χ3v) is 6.88. The van der Waals surface area contributed by atoms with Crippen LogP contribution in [0.5, 0.6) is 0 Å². The Bertz CT molecular complexity index is 1460. The van der Waals surface area contributed by atoms with Gasteiger partial charge in [-0.05, 0) is 61.4 Å². The summed E-state index contributed by atoms with van der Waals surface area (Å²) in [5.41, 5.74) is 3.29. The maximum atomic E-state index is 14.1. The van der Waals surface area contributed by atoms with Crippen molar-refractivity contribution >= 4 is 46.4 Å². The number of carbonyl (C=O) groups is 4. The Morgan fingerprint density at radius 1 is 0.950 bits per heavy atom. The minimum absolute atomic E-state index is 0.0660. The number of rotatable bonds is 6. The number of aryl methyl sites for hydroxylation is 2. The second kappa shape index (κ2) is 11.2. The van der Waals surface area contributed by atoms with Crippen LogP contribution in [0.4, 0.5) is 27.5 Å². The van der Waals surface area contributed by atoms with Crippen molar-refractivity contribution in [3.05, 3.63) is 83.4 Å². The molecule has 3 aromatic rings. The second-order valence-electron chi connectivity index (χ2n) is 11.0. The van der Waals surface area contributed by atoms with E-state index in [-0.39, 0.29) is 30.1 Å². The summed E-state index contributed by atoms with van der Waals surface area (Å²) in [7, 11) is 0. The number of hydrogen-bond acceptors (Lipinski definition) is 5. The van der Waals surface area contributed by atoms with Crippen LogP contribution in [0.1, 0.15) is 42.3 Å².